The summed E-state index contributed by atoms with van der Waals surface area (Å²) in [5, 5.41) is 7.21. The van der Waals surface area contributed by atoms with Crippen molar-refractivity contribution in [2.75, 3.05) is 0 Å². The standard InChI is InChI=1S/C2H3O.H3OP.Y/c1-2-3;1-2;/h3H,1H2;1H,2H2;/q-1;;. The van der Waals surface area contributed by atoms with E-state index in [-0.39, 0.29) is 32.7 Å². The van der Waals surface area contributed by atoms with Crippen LogP contribution in [0.2, 0.25) is 0 Å². The summed E-state index contributed by atoms with van der Waals surface area (Å²) in [4.78, 5) is 6.92. The van der Waals surface area contributed by atoms with Crippen molar-refractivity contribution in [3.63, 3.8) is 0 Å². The van der Waals surface area contributed by atoms with Crippen molar-refractivity contribution in [2.45, 2.75) is 0 Å². The number of aliphatic hydroxyl groups is 1. The second kappa shape index (κ2) is 37.0. The van der Waals surface area contributed by atoms with Gasteiger partial charge in [-0.1, -0.05) is 0 Å². The van der Waals surface area contributed by atoms with Crippen LogP contribution < -0.4 is 0 Å². The van der Waals surface area contributed by atoms with Gasteiger partial charge >= 0.3 is 0 Å². The number of rotatable bonds is 0. The van der Waals surface area contributed by atoms with Crippen molar-refractivity contribution in [1.82, 2.24) is 0 Å². The second-order valence-corrected chi connectivity index (χ2v) is 0.158. The SMILES string of the molecule is C=[C-]O.OP.[Y]. The quantitative estimate of drug-likeness (QED) is 0.320. The van der Waals surface area contributed by atoms with Gasteiger partial charge in [0.25, 0.3) is 0 Å². The van der Waals surface area contributed by atoms with Gasteiger partial charge in [-0.2, -0.15) is 0 Å². The van der Waals surface area contributed by atoms with Crippen LogP contribution in [-0.2, 0) is 32.7 Å². The summed E-state index contributed by atoms with van der Waals surface area (Å²) in [5.74, 6) is 0. The maximum atomic E-state index is 7.21. The first-order valence-electron chi connectivity index (χ1n) is 0.835. The molecule has 0 aliphatic heterocycles. The minimum Gasteiger partial charge on any atom is -0.706 e. The van der Waals surface area contributed by atoms with Crippen molar-refractivity contribution in [1.29, 1.82) is 0 Å². The molecule has 0 aromatic rings. The summed E-state index contributed by atoms with van der Waals surface area (Å²) >= 11 is 0. The summed E-state index contributed by atoms with van der Waals surface area (Å²) in [5.41, 5.74) is 0. The van der Waals surface area contributed by atoms with Crippen LogP contribution in [0.15, 0.2) is 6.58 Å². The van der Waals surface area contributed by atoms with Gasteiger partial charge in [0.05, 0.1) is 0 Å². The molecule has 0 fully saturated rings. The fourth-order valence-corrected chi connectivity index (χ4v) is 0. The van der Waals surface area contributed by atoms with Gasteiger partial charge < -0.3 is 16.3 Å². The topological polar surface area (TPSA) is 40.5 Å². The summed E-state index contributed by atoms with van der Waals surface area (Å²) in [7, 11) is 1.42. The molecular weight excluding hydrogens is 176 g/mol. The molecule has 2 N–H and O–H groups in total. The monoisotopic (exact) mass is 182 g/mol. The summed E-state index contributed by atoms with van der Waals surface area (Å²) in [6.45, 7) is 2.79. The molecule has 0 spiro atoms. The third kappa shape index (κ3) is 76.6. The van der Waals surface area contributed by atoms with Gasteiger partial charge in [-0.05, 0) is 9.47 Å². The molecule has 0 aromatic carbocycles. The molecule has 35 valence electrons. The smallest absolute Gasteiger partial charge is 0 e. The Kier molecular flexibility index (Phi) is 96.9. The van der Waals surface area contributed by atoms with Crippen LogP contribution in [-0.4, -0.2) is 10.00 Å². The third-order valence-electron chi connectivity index (χ3n) is 0. The zero-order valence-electron chi connectivity index (χ0n) is 3.26. The summed E-state index contributed by atoms with van der Waals surface area (Å²) < 4.78 is 0. The Balaban J connectivity index is -0.0000000275. The number of hydrogen-bond acceptors (Lipinski definition) is 2. The minimum absolute atomic E-state index is 0. The van der Waals surface area contributed by atoms with Crippen LogP contribution in [0.4, 0.5) is 0 Å². The van der Waals surface area contributed by atoms with Crippen molar-refractivity contribution >= 4 is 9.47 Å². The Morgan fingerprint density at radius 2 is 1.50 bits per heavy atom. The first-order valence-corrected chi connectivity index (χ1v) is 1.35. The molecule has 0 rings (SSSR count). The molecular formula is C2H6O2PY-. The fourth-order valence-electron chi connectivity index (χ4n) is 0. The van der Waals surface area contributed by atoms with E-state index in [2.05, 4.69) is 6.58 Å². The van der Waals surface area contributed by atoms with E-state index in [9.17, 15) is 0 Å². The van der Waals surface area contributed by atoms with Gasteiger partial charge in [-0.25, -0.2) is 6.58 Å². The maximum absolute atomic E-state index is 7.21. The average molecular weight is 182 g/mol. The average Bonchev–Trinajstić information content (AvgIpc) is 1.46. The van der Waals surface area contributed by atoms with Gasteiger partial charge in [-0.3, -0.25) is 0 Å². The molecule has 0 aliphatic rings. The molecule has 1 radical (unpaired) electrons. The van der Waals surface area contributed by atoms with E-state index < -0.39 is 0 Å². The van der Waals surface area contributed by atoms with E-state index in [0.29, 0.717) is 0 Å². The van der Waals surface area contributed by atoms with E-state index in [1.165, 1.54) is 15.7 Å². The molecule has 1 unspecified atom stereocenters. The molecule has 0 amide bonds. The van der Waals surface area contributed by atoms with Crippen molar-refractivity contribution < 1.29 is 42.7 Å². The maximum Gasteiger partial charge on any atom is 0 e. The molecule has 2 nitrogen and oxygen atoms in total. The normalized spacial score (nSPS) is 3.00. The largest absolute Gasteiger partial charge is 0.706 e. The zero-order valence-corrected chi connectivity index (χ0v) is 7.25. The molecule has 0 heterocycles. The van der Waals surface area contributed by atoms with E-state index in [1.54, 1.807) is 0 Å². The Morgan fingerprint density at radius 3 is 1.50 bits per heavy atom. The molecule has 6 heavy (non-hydrogen) atoms. The van der Waals surface area contributed by atoms with Crippen LogP contribution in [0.25, 0.3) is 0 Å². The van der Waals surface area contributed by atoms with Crippen LogP contribution in [0.5, 0.6) is 0 Å². The summed E-state index contributed by atoms with van der Waals surface area (Å²) in [6, 6.07) is 0. The molecule has 0 saturated heterocycles. The van der Waals surface area contributed by atoms with E-state index >= 15 is 0 Å². The van der Waals surface area contributed by atoms with Crippen molar-refractivity contribution in [3.8, 4) is 0 Å². The van der Waals surface area contributed by atoms with Crippen LogP contribution in [0, 0.1) is 6.26 Å². The molecule has 0 aliphatic carbocycles. The van der Waals surface area contributed by atoms with Crippen LogP contribution >= 0.6 is 9.47 Å². The Hall–Kier alpha value is 1.03. The van der Waals surface area contributed by atoms with Crippen molar-refractivity contribution in [2.24, 2.45) is 0 Å². The molecule has 0 aromatic heterocycles. The number of aliphatic hydroxyl groups excluding tert-OH is 1. The van der Waals surface area contributed by atoms with Gasteiger partial charge in [0.1, 0.15) is 0 Å². The third-order valence-corrected chi connectivity index (χ3v) is 0. The van der Waals surface area contributed by atoms with E-state index in [4.69, 9.17) is 10.00 Å². The first-order chi connectivity index (χ1) is 2.41. The Morgan fingerprint density at radius 1 is 1.50 bits per heavy atom. The minimum atomic E-state index is 0. The number of hydrogen-bond donors (Lipinski definition) is 2. The van der Waals surface area contributed by atoms with Crippen LogP contribution in [0.1, 0.15) is 0 Å². The molecule has 4 heteroatoms. The summed E-state index contributed by atoms with van der Waals surface area (Å²) in [6.07, 6.45) is 1.50. The van der Waals surface area contributed by atoms with Crippen molar-refractivity contribution in [3.05, 3.63) is 12.8 Å². The van der Waals surface area contributed by atoms with E-state index in [1.807, 2.05) is 0 Å². The molecule has 0 saturated carbocycles. The van der Waals surface area contributed by atoms with Gasteiger partial charge in [0, 0.05) is 32.7 Å². The van der Waals surface area contributed by atoms with Gasteiger partial charge in [-0.15, -0.1) is 0 Å². The predicted molar refractivity (Wildman–Crippen MR) is 23.4 cm³/mol. The van der Waals surface area contributed by atoms with Crippen LogP contribution in [0.3, 0.4) is 0 Å². The Labute approximate surface area is 64.8 Å². The molecule has 0 bridgehead atoms. The fraction of sp³-hybridized carbons (Fsp3) is 0. The predicted octanol–water partition coefficient (Wildman–Crippen LogP) is 0.257. The second-order valence-electron chi connectivity index (χ2n) is 0.158. The van der Waals surface area contributed by atoms with Gasteiger partial charge in [0.2, 0.25) is 0 Å². The first kappa shape index (κ1) is 15.7. The Bertz CT molecular complexity index is 19.0. The zero-order chi connectivity index (χ0) is 4.71. The van der Waals surface area contributed by atoms with Gasteiger partial charge in [0.15, 0.2) is 0 Å². The molecule has 1 atom stereocenters. The van der Waals surface area contributed by atoms with E-state index in [0.717, 1.165) is 0 Å².